The summed E-state index contributed by atoms with van der Waals surface area (Å²) in [6, 6.07) is 7.40. The number of hydrogen-bond acceptors (Lipinski definition) is 1. The highest BCUT2D eigenvalue weighted by Gasteiger charge is 2.20. The van der Waals surface area contributed by atoms with E-state index in [1.54, 1.807) is 0 Å². The lowest BCUT2D eigenvalue weighted by Crippen LogP contribution is -2.31. The molecule has 1 N–H and O–H groups in total. The van der Waals surface area contributed by atoms with Crippen LogP contribution in [0.25, 0.3) is 0 Å². The van der Waals surface area contributed by atoms with Gasteiger partial charge in [-0.05, 0) is 50.7 Å². The third-order valence-corrected chi connectivity index (χ3v) is 4.23. The van der Waals surface area contributed by atoms with Crippen molar-refractivity contribution < 1.29 is 0 Å². The van der Waals surface area contributed by atoms with Crippen LogP contribution in [0.15, 0.2) is 18.2 Å². The maximum atomic E-state index is 3.71. The minimum Gasteiger partial charge on any atom is -0.310 e. The Bertz CT molecular complexity index is 364. The molecule has 17 heavy (non-hydrogen) atoms. The summed E-state index contributed by atoms with van der Waals surface area (Å²) >= 11 is 0. The molecule has 1 saturated carbocycles. The largest absolute Gasteiger partial charge is 0.310 e. The molecule has 1 aliphatic carbocycles. The van der Waals surface area contributed by atoms with E-state index in [4.69, 9.17) is 0 Å². The molecule has 1 aromatic carbocycles. The summed E-state index contributed by atoms with van der Waals surface area (Å²) in [5.74, 6) is 0.903. The van der Waals surface area contributed by atoms with Crippen molar-refractivity contribution in [3.8, 4) is 0 Å². The average Bonchev–Trinajstić information content (AvgIpc) is 2.83. The van der Waals surface area contributed by atoms with Crippen LogP contribution in [0.3, 0.4) is 0 Å². The molecule has 2 rings (SSSR count). The molecule has 1 heteroatoms. The molecule has 1 aliphatic rings. The summed E-state index contributed by atoms with van der Waals surface area (Å²) in [4.78, 5) is 0. The lowest BCUT2D eigenvalue weighted by molar-refractivity contribution is 0.380. The van der Waals surface area contributed by atoms with Gasteiger partial charge in [0.2, 0.25) is 0 Å². The van der Waals surface area contributed by atoms with Crippen LogP contribution in [0.2, 0.25) is 0 Å². The van der Waals surface area contributed by atoms with Crippen molar-refractivity contribution in [1.82, 2.24) is 5.32 Å². The minimum absolute atomic E-state index is 0.664. The standard InChI is InChI=1S/C16H25N/c1-12-8-9-13(2)16(10-12)11-17-14(3)15-6-4-5-7-15/h8-10,14-15,17H,4-7,11H2,1-3H3. The van der Waals surface area contributed by atoms with Crippen LogP contribution in [-0.2, 0) is 6.54 Å². The molecule has 1 fully saturated rings. The van der Waals surface area contributed by atoms with Gasteiger partial charge in [0.1, 0.15) is 0 Å². The maximum absolute atomic E-state index is 3.71. The van der Waals surface area contributed by atoms with Gasteiger partial charge in [0.05, 0.1) is 0 Å². The van der Waals surface area contributed by atoms with E-state index in [1.165, 1.54) is 42.4 Å². The first-order chi connectivity index (χ1) is 8.16. The smallest absolute Gasteiger partial charge is 0.0210 e. The molecule has 0 radical (unpaired) electrons. The first kappa shape index (κ1) is 12.6. The van der Waals surface area contributed by atoms with E-state index in [1.807, 2.05) is 0 Å². The molecular weight excluding hydrogens is 206 g/mol. The average molecular weight is 231 g/mol. The normalized spacial score (nSPS) is 18.5. The Hall–Kier alpha value is -0.820. The SMILES string of the molecule is Cc1ccc(C)c(CNC(C)C2CCCC2)c1. The molecule has 1 aromatic rings. The quantitative estimate of drug-likeness (QED) is 0.826. The predicted molar refractivity (Wildman–Crippen MR) is 74.2 cm³/mol. The highest BCUT2D eigenvalue weighted by molar-refractivity contribution is 5.30. The predicted octanol–water partition coefficient (Wildman–Crippen LogP) is 3.97. The highest BCUT2D eigenvalue weighted by Crippen LogP contribution is 2.27. The lowest BCUT2D eigenvalue weighted by atomic mass is 9.99. The molecule has 1 unspecified atom stereocenters. The van der Waals surface area contributed by atoms with Crippen LogP contribution in [-0.4, -0.2) is 6.04 Å². The second-order valence-electron chi connectivity index (χ2n) is 5.64. The summed E-state index contributed by atoms with van der Waals surface area (Å²) in [5.41, 5.74) is 4.22. The van der Waals surface area contributed by atoms with Crippen molar-refractivity contribution in [1.29, 1.82) is 0 Å². The zero-order valence-corrected chi connectivity index (χ0v) is 11.4. The van der Waals surface area contributed by atoms with Gasteiger partial charge in [0, 0.05) is 12.6 Å². The van der Waals surface area contributed by atoms with Gasteiger partial charge in [-0.3, -0.25) is 0 Å². The summed E-state index contributed by atoms with van der Waals surface area (Å²) in [7, 11) is 0. The first-order valence-corrected chi connectivity index (χ1v) is 6.96. The monoisotopic (exact) mass is 231 g/mol. The van der Waals surface area contributed by atoms with E-state index in [9.17, 15) is 0 Å². The van der Waals surface area contributed by atoms with Gasteiger partial charge < -0.3 is 5.32 Å². The fourth-order valence-electron chi connectivity index (χ4n) is 2.89. The number of aryl methyl sites for hydroxylation is 2. The molecular formula is C16H25N. The first-order valence-electron chi connectivity index (χ1n) is 6.96. The van der Waals surface area contributed by atoms with Crippen molar-refractivity contribution in [2.45, 2.75) is 59.0 Å². The second kappa shape index (κ2) is 5.68. The Morgan fingerprint density at radius 2 is 1.94 bits per heavy atom. The van der Waals surface area contributed by atoms with E-state index in [-0.39, 0.29) is 0 Å². The Morgan fingerprint density at radius 3 is 2.65 bits per heavy atom. The Balaban J connectivity index is 1.90. The Labute approximate surface area is 106 Å². The summed E-state index contributed by atoms with van der Waals surface area (Å²) in [5, 5.41) is 3.71. The Kier molecular flexibility index (Phi) is 4.22. The van der Waals surface area contributed by atoms with Crippen LogP contribution in [0.1, 0.15) is 49.3 Å². The summed E-state index contributed by atoms with van der Waals surface area (Å²) < 4.78 is 0. The second-order valence-corrected chi connectivity index (χ2v) is 5.64. The molecule has 1 atom stereocenters. The highest BCUT2D eigenvalue weighted by atomic mass is 14.9. The van der Waals surface area contributed by atoms with Gasteiger partial charge in [0.25, 0.3) is 0 Å². The molecule has 0 heterocycles. The third-order valence-electron chi connectivity index (χ3n) is 4.23. The summed E-state index contributed by atoms with van der Waals surface area (Å²) in [6.07, 6.45) is 5.70. The topological polar surface area (TPSA) is 12.0 Å². The van der Waals surface area contributed by atoms with Crippen molar-refractivity contribution in [2.24, 2.45) is 5.92 Å². The van der Waals surface area contributed by atoms with Gasteiger partial charge in [-0.25, -0.2) is 0 Å². The van der Waals surface area contributed by atoms with Gasteiger partial charge in [-0.1, -0.05) is 36.6 Å². The molecule has 0 amide bonds. The molecule has 0 aliphatic heterocycles. The minimum atomic E-state index is 0.664. The van der Waals surface area contributed by atoms with Gasteiger partial charge >= 0.3 is 0 Å². The van der Waals surface area contributed by atoms with Crippen molar-refractivity contribution in [3.05, 3.63) is 34.9 Å². The van der Waals surface area contributed by atoms with E-state index in [0.29, 0.717) is 6.04 Å². The van der Waals surface area contributed by atoms with E-state index >= 15 is 0 Å². The molecule has 0 spiro atoms. The zero-order chi connectivity index (χ0) is 12.3. The van der Waals surface area contributed by atoms with Crippen LogP contribution < -0.4 is 5.32 Å². The van der Waals surface area contributed by atoms with E-state index in [2.05, 4.69) is 44.3 Å². The van der Waals surface area contributed by atoms with Crippen LogP contribution >= 0.6 is 0 Å². The van der Waals surface area contributed by atoms with Crippen LogP contribution in [0, 0.1) is 19.8 Å². The van der Waals surface area contributed by atoms with Crippen molar-refractivity contribution in [3.63, 3.8) is 0 Å². The summed E-state index contributed by atoms with van der Waals surface area (Å²) in [6.45, 7) is 7.74. The number of rotatable bonds is 4. The molecule has 0 saturated heterocycles. The number of hydrogen-bond donors (Lipinski definition) is 1. The third kappa shape index (κ3) is 3.32. The van der Waals surface area contributed by atoms with Gasteiger partial charge in [-0.2, -0.15) is 0 Å². The van der Waals surface area contributed by atoms with Crippen molar-refractivity contribution >= 4 is 0 Å². The molecule has 1 nitrogen and oxygen atoms in total. The molecule has 94 valence electrons. The van der Waals surface area contributed by atoms with E-state index < -0.39 is 0 Å². The van der Waals surface area contributed by atoms with Gasteiger partial charge in [-0.15, -0.1) is 0 Å². The van der Waals surface area contributed by atoms with Crippen LogP contribution in [0.4, 0.5) is 0 Å². The maximum Gasteiger partial charge on any atom is 0.0210 e. The molecule has 0 aromatic heterocycles. The Morgan fingerprint density at radius 1 is 1.24 bits per heavy atom. The van der Waals surface area contributed by atoms with Crippen molar-refractivity contribution in [2.75, 3.05) is 0 Å². The zero-order valence-electron chi connectivity index (χ0n) is 11.4. The fourth-order valence-corrected chi connectivity index (χ4v) is 2.89. The molecule has 0 bridgehead atoms. The number of benzene rings is 1. The van der Waals surface area contributed by atoms with E-state index in [0.717, 1.165) is 12.5 Å². The fraction of sp³-hybridized carbons (Fsp3) is 0.625. The lowest BCUT2D eigenvalue weighted by Gasteiger charge is -2.21. The number of nitrogens with one attached hydrogen (secondary N) is 1. The van der Waals surface area contributed by atoms with Crippen LogP contribution in [0.5, 0.6) is 0 Å². The van der Waals surface area contributed by atoms with Gasteiger partial charge in [0.15, 0.2) is 0 Å².